The predicted molar refractivity (Wildman–Crippen MR) is 53.8 cm³/mol. The highest BCUT2D eigenvalue weighted by Crippen LogP contribution is 2.07. The van der Waals surface area contributed by atoms with Gasteiger partial charge in [-0.15, -0.1) is 0 Å². The fourth-order valence-corrected chi connectivity index (χ4v) is 1.36. The number of thiol groups is 1. The molecule has 0 fully saturated rings. The number of fused-ring (bicyclic) bond motifs is 1. The Morgan fingerprint density at radius 1 is 1.38 bits per heavy atom. The Kier molecular flexibility index (Phi) is 2.44. The van der Waals surface area contributed by atoms with E-state index in [-0.39, 0.29) is 0 Å². The summed E-state index contributed by atoms with van der Waals surface area (Å²) in [5, 5.41) is 0. The molecule has 2 rings (SSSR count). The predicted octanol–water partition coefficient (Wildman–Crippen LogP) is 1.15. The molecule has 2 aromatic heterocycles. The lowest BCUT2D eigenvalue weighted by atomic mass is 10.4. The molecule has 0 radical (unpaired) electrons. The van der Waals surface area contributed by atoms with Crippen molar-refractivity contribution in [1.82, 2.24) is 19.5 Å². The van der Waals surface area contributed by atoms with E-state index in [4.69, 9.17) is 0 Å². The summed E-state index contributed by atoms with van der Waals surface area (Å²) >= 11 is 4.16. The molecule has 13 heavy (non-hydrogen) atoms. The molecular weight excluding hydrogens is 184 g/mol. The van der Waals surface area contributed by atoms with E-state index >= 15 is 0 Å². The Morgan fingerprint density at radius 3 is 3.15 bits per heavy atom. The van der Waals surface area contributed by atoms with E-state index < -0.39 is 0 Å². The molecule has 0 aromatic carbocycles. The maximum absolute atomic E-state index is 4.18. The van der Waals surface area contributed by atoms with Gasteiger partial charge in [-0.05, 0) is 12.2 Å². The van der Waals surface area contributed by atoms with Crippen LogP contribution in [0.15, 0.2) is 18.9 Å². The molecule has 0 saturated heterocycles. The quantitative estimate of drug-likeness (QED) is 0.745. The van der Waals surface area contributed by atoms with E-state index in [0.717, 1.165) is 29.9 Å². The van der Waals surface area contributed by atoms with Gasteiger partial charge in [-0.2, -0.15) is 12.6 Å². The van der Waals surface area contributed by atoms with Gasteiger partial charge in [-0.1, -0.05) is 0 Å². The molecule has 0 saturated carbocycles. The average molecular weight is 194 g/mol. The largest absolute Gasteiger partial charge is 0.315 e. The zero-order valence-electron chi connectivity index (χ0n) is 7.09. The number of aryl methyl sites for hydroxylation is 1. The number of nitrogens with zero attached hydrogens (tertiary/aromatic N) is 4. The maximum Gasteiger partial charge on any atom is 0.163 e. The third-order valence-electron chi connectivity index (χ3n) is 1.84. The summed E-state index contributed by atoms with van der Waals surface area (Å²) in [6.45, 7) is 0.914. The van der Waals surface area contributed by atoms with Gasteiger partial charge in [0.1, 0.15) is 11.8 Å². The van der Waals surface area contributed by atoms with Crippen molar-refractivity contribution in [3.05, 3.63) is 18.9 Å². The highest BCUT2D eigenvalue weighted by Gasteiger charge is 2.01. The topological polar surface area (TPSA) is 43.6 Å². The summed E-state index contributed by atoms with van der Waals surface area (Å²) in [5.41, 5.74) is 1.75. The number of hydrogen-bond acceptors (Lipinski definition) is 4. The minimum absolute atomic E-state index is 0.849. The molecule has 2 aromatic rings. The Labute approximate surface area is 81.4 Å². The molecular formula is C8H10N4S. The van der Waals surface area contributed by atoms with E-state index in [0.29, 0.717) is 0 Å². The molecule has 0 N–H and O–H groups in total. The van der Waals surface area contributed by atoms with Crippen LogP contribution >= 0.6 is 12.6 Å². The third kappa shape index (κ3) is 1.65. The molecule has 0 unspecified atom stereocenters. The molecule has 5 heteroatoms. The second-order valence-electron chi connectivity index (χ2n) is 2.75. The third-order valence-corrected chi connectivity index (χ3v) is 2.15. The van der Waals surface area contributed by atoms with Crippen LogP contribution in [-0.2, 0) is 6.54 Å². The van der Waals surface area contributed by atoms with Crippen LogP contribution in [0.25, 0.3) is 11.2 Å². The second kappa shape index (κ2) is 3.74. The van der Waals surface area contributed by atoms with E-state index in [1.807, 2.05) is 4.57 Å². The first-order valence-corrected chi connectivity index (χ1v) is 4.77. The van der Waals surface area contributed by atoms with Crippen molar-refractivity contribution in [2.24, 2.45) is 0 Å². The first kappa shape index (κ1) is 8.50. The molecule has 68 valence electrons. The van der Waals surface area contributed by atoms with Gasteiger partial charge >= 0.3 is 0 Å². The van der Waals surface area contributed by atoms with Crippen molar-refractivity contribution < 1.29 is 0 Å². The second-order valence-corrected chi connectivity index (χ2v) is 3.19. The van der Waals surface area contributed by atoms with E-state index in [9.17, 15) is 0 Å². The molecule has 0 spiro atoms. The van der Waals surface area contributed by atoms with Crippen LogP contribution in [0.2, 0.25) is 0 Å². The summed E-state index contributed by atoms with van der Waals surface area (Å²) < 4.78 is 2.02. The monoisotopic (exact) mass is 194 g/mol. The average Bonchev–Trinajstić information content (AvgIpc) is 2.58. The van der Waals surface area contributed by atoms with Crippen molar-refractivity contribution in [1.29, 1.82) is 0 Å². The van der Waals surface area contributed by atoms with Gasteiger partial charge in [0.15, 0.2) is 5.65 Å². The minimum Gasteiger partial charge on any atom is -0.315 e. The SMILES string of the molecule is SCCCn1cnc2cncnc21. The molecule has 0 amide bonds. The van der Waals surface area contributed by atoms with E-state index in [1.165, 1.54) is 0 Å². The van der Waals surface area contributed by atoms with Crippen LogP contribution in [0.5, 0.6) is 0 Å². The van der Waals surface area contributed by atoms with Crippen LogP contribution in [0, 0.1) is 0 Å². The molecule has 0 aliphatic rings. The van der Waals surface area contributed by atoms with Gasteiger partial charge < -0.3 is 4.57 Å². The van der Waals surface area contributed by atoms with Gasteiger partial charge in [0.2, 0.25) is 0 Å². The maximum atomic E-state index is 4.18. The summed E-state index contributed by atoms with van der Waals surface area (Å²) in [6.07, 6.45) is 6.09. The van der Waals surface area contributed by atoms with Crippen LogP contribution < -0.4 is 0 Å². The lowest BCUT2D eigenvalue weighted by molar-refractivity contribution is 0.697. The summed E-state index contributed by atoms with van der Waals surface area (Å²) in [7, 11) is 0. The van der Waals surface area contributed by atoms with Crippen molar-refractivity contribution in [2.45, 2.75) is 13.0 Å². The highest BCUT2D eigenvalue weighted by atomic mass is 32.1. The smallest absolute Gasteiger partial charge is 0.163 e. The van der Waals surface area contributed by atoms with Crippen LogP contribution in [0.1, 0.15) is 6.42 Å². The molecule has 0 aliphatic heterocycles. The highest BCUT2D eigenvalue weighted by molar-refractivity contribution is 7.80. The summed E-state index contributed by atoms with van der Waals surface area (Å²) in [4.78, 5) is 12.2. The Hall–Kier alpha value is -1.10. The van der Waals surface area contributed by atoms with Gasteiger partial charge in [-0.3, -0.25) is 0 Å². The zero-order chi connectivity index (χ0) is 9.10. The molecule has 0 atom stereocenters. The lowest BCUT2D eigenvalue weighted by Crippen LogP contribution is -1.97. The van der Waals surface area contributed by atoms with Crippen LogP contribution in [0.4, 0.5) is 0 Å². The summed E-state index contributed by atoms with van der Waals surface area (Å²) in [5.74, 6) is 0.880. The number of aromatic nitrogens is 4. The Bertz CT molecular complexity index is 398. The first-order chi connectivity index (χ1) is 6.42. The van der Waals surface area contributed by atoms with Gasteiger partial charge in [0.25, 0.3) is 0 Å². The number of hydrogen-bond donors (Lipinski definition) is 1. The molecule has 4 nitrogen and oxygen atoms in total. The standard InChI is InChI=1S/C8H10N4S/c13-3-1-2-12-6-11-7-4-9-5-10-8(7)12/h4-6,13H,1-3H2. The Balaban J connectivity index is 2.35. The molecule has 2 heterocycles. The van der Waals surface area contributed by atoms with Gasteiger partial charge in [0, 0.05) is 6.54 Å². The van der Waals surface area contributed by atoms with Gasteiger partial charge in [0.05, 0.1) is 12.5 Å². The fraction of sp³-hybridized carbons (Fsp3) is 0.375. The zero-order valence-corrected chi connectivity index (χ0v) is 7.98. The fourth-order valence-electron chi connectivity index (χ4n) is 1.22. The van der Waals surface area contributed by atoms with Gasteiger partial charge in [-0.25, -0.2) is 15.0 Å². The number of rotatable bonds is 3. The van der Waals surface area contributed by atoms with Crippen molar-refractivity contribution in [2.75, 3.05) is 5.75 Å². The lowest BCUT2D eigenvalue weighted by Gasteiger charge is -1.99. The number of imidazole rings is 1. The Morgan fingerprint density at radius 2 is 2.31 bits per heavy atom. The molecule has 0 aliphatic carbocycles. The first-order valence-electron chi connectivity index (χ1n) is 4.13. The van der Waals surface area contributed by atoms with E-state index in [1.54, 1.807) is 18.9 Å². The molecule has 0 bridgehead atoms. The van der Waals surface area contributed by atoms with E-state index in [2.05, 4.69) is 27.6 Å². The normalized spacial score (nSPS) is 10.8. The summed E-state index contributed by atoms with van der Waals surface area (Å²) in [6, 6.07) is 0. The minimum atomic E-state index is 0.849. The van der Waals surface area contributed by atoms with Crippen molar-refractivity contribution in [3.63, 3.8) is 0 Å². The van der Waals surface area contributed by atoms with Crippen LogP contribution in [-0.4, -0.2) is 25.3 Å². The van der Waals surface area contributed by atoms with Crippen molar-refractivity contribution in [3.8, 4) is 0 Å². The van der Waals surface area contributed by atoms with Crippen LogP contribution in [0.3, 0.4) is 0 Å². The van der Waals surface area contributed by atoms with Crippen molar-refractivity contribution >= 4 is 23.8 Å².